The molecule has 0 aliphatic rings. The normalized spacial score (nSPS) is 14.4. The summed E-state index contributed by atoms with van der Waals surface area (Å²) in [7, 11) is 0. The van der Waals surface area contributed by atoms with Gasteiger partial charge in [-0.2, -0.15) is 0 Å². The van der Waals surface area contributed by atoms with Crippen molar-refractivity contribution in [2.75, 3.05) is 0 Å². The Kier molecular flexibility index (Phi) is 5.01. The van der Waals surface area contributed by atoms with Crippen LogP contribution in [0.5, 0.6) is 0 Å². The van der Waals surface area contributed by atoms with Gasteiger partial charge < -0.3 is 5.32 Å². The van der Waals surface area contributed by atoms with Crippen LogP contribution in [0.25, 0.3) is 0 Å². The van der Waals surface area contributed by atoms with Gasteiger partial charge in [-0.05, 0) is 59.6 Å². The molecule has 4 heteroatoms. The third-order valence-corrected chi connectivity index (χ3v) is 5.23. The lowest BCUT2D eigenvalue weighted by molar-refractivity contribution is 0.500. The highest BCUT2D eigenvalue weighted by Gasteiger charge is 2.12. The Bertz CT molecular complexity index is 507. The van der Waals surface area contributed by atoms with E-state index in [0.29, 0.717) is 12.1 Å². The maximum atomic E-state index is 3.62. The van der Waals surface area contributed by atoms with E-state index < -0.39 is 0 Å². The summed E-state index contributed by atoms with van der Waals surface area (Å²) in [6.45, 7) is 4.40. The molecule has 2 aromatic rings. The highest BCUT2D eigenvalue weighted by Crippen LogP contribution is 2.28. The van der Waals surface area contributed by atoms with Gasteiger partial charge in [-0.3, -0.25) is 0 Å². The summed E-state index contributed by atoms with van der Waals surface area (Å²) >= 11 is 8.75. The molecule has 0 saturated heterocycles. The van der Waals surface area contributed by atoms with E-state index in [9.17, 15) is 0 Å². The minimum Gasteiger partial charge on any atom is -0.303 e. The van der Waals surface area contributed by atoms with E-state index in [1.165, 1.54) is 14.2 Å². The van der Waals surface area contributed by atoms with E-state index in [4.69, 9.17) is 0 Å². The summed E-state index contributed by atoms with van der Waals surface area (Å²) in [5.74, 6) is 0. The molecule has 1 heterocycles. The number of hydrogen-bond acceptors (Lipinski definition) is 2. The molecule has 18 heavy (non-hydrogen) atoms. The summed E-state index contributed by atoms with van der Waals surface area (Å²) in [6.07, 6.45) is 0. The quantitative estimate of drug-likeness (QED) is 0.709. The molecule has 1 N–H and O–H groups in total. The Morgan fingerprint density at radius 3 is 2.17 bits per heavy atom. The summed E-state index contributed by atoms with van der Waals surface area (Å²) < 4.78 is 2.30. The van der Waals surface area contributed by atoms with E-state index in [1.54, 1.807) is 11.3 Å². The second kappa shape index (κ2) is 6.33. The van der Waals surface area contributed by atoms with Gasteiger partial charge in [0.05, 0.1) is 3.79 Å². The fourth-order valence-corrected chi connectivity index (χ4v) is 3.57. The van der Waals surface area contributed by atoms with E-state index in [2.05, 4.69) is 87.4 Å². The number of nitrogens with one attached hydrogen (secondary N) is 1. The standard InChI is InChI=1S/C14H15Br2NS/c1-9(11-3-5-12(15)6-4-11)17-10(2)13-7-8-14(16)18-13/h3-10,17H,1-2H3. The predicted octanol–water partition coefficient (Wildman–Crippen LogP) is 5.68. The van der Waals surface area contributed by atoms with Crippen LogP contribution in [0.2, 0.25) is 0 Å². The van der Waals surface area contributed by atoms with Crippen molar-refractivity contribution in [2.45, 2.75) is 25.9 Å². The second-order valence-corrected chi connectivity index (χ2v) is 7.71. The number of benzene rings is 1. The average molecular weight is 389 g/mol. The Hall–Kier alpha value is -0.160. The third-order valence-electron chi connectivity index (χ3n) is 2.89. The molecule has 1 aromatic heterocycles. The van der Waals surface area contributed by atoms with Gasteiger partial charge in [0, 0.05) is 21.4 Å². The van der Waals surface area contributed by atoms with Crippen molar-refractivity contribution in [1.29, 1.82) is 0 Å². The molecule has 2 rings (SSSR count). The molecule has 0 bridgehead atoms. The van der Waals surface area contributed by atoms with Crippen molar-refractivity contribution in [3.05, 3.63) is 55.1 Å². The molecule has 0 radical (unpaired) electrons. The maximum absolute atomic E-state index is 3.62. The van der Waals surface area contributed by atoms with Crippen molar-refractivity contribution < 1.29 is 0 Å². The molecule has 0 aliphatic carbocycles. The van der Waals surface area contributed by atoms with Crippen molar-refractivity contribution in [3.63, 3.8) is 0 Å². The molecule has 2 atom stereocenters. The van der Waals surface area contributed by atoms with Crippen molar-refractivity contribution in [3.8, 4) is 0 Å². The van der Waals surface area contributed by atoms with Gasteiger partial charge in [-0.1, -0.05) is 28.1 Å². The highest BCUT2D eigenvalue weighted by molar-refractivity contribution is 9.11. The first-order valence-corrected chi connectivity index (χ1v) is 8.23. The van der Waals surface area contributed by atoms with Gasteiger partial charge in [-0.25, -0.2) is 0 Å². The van der Waals surface area contributed by atoms with Crippen LogP contribution >= 0.6 is 43.2 Å². The largest absolute Gasteiger partial charge is 0.303 e. The van der Waals surface area contributed by atoms with Crippen LogP contribution in [0.1, 0.15) is 36.4 Å². The number of rotatable bonds is 4. The van der Waals surface area contributed by atoms with Gasteiger partial charge in [-0.15, -0.1) is 11.3 Å². The van der Waals surface area contributed by atoms with Gasteiger partial charge in [0.1, 0.15) is 0 Å². The number of halogens is 2. The maximum Gasteiger partial charge on any atom is 0.0701 e. The molecule has 0 aliphatic heterocycles. The monoisotopic (exact) mass is 387 g/mol. The Balaban J connectivity index is 2.02. The summed E-state index contributed by atoms with van der Waals surface area (Å²) in [5.41, 5.74) is 1.31. The van der Waals surface area contributed by atoms with E-state index in [-0.39, 0.29) is 0 Å². The topological polar surface area (TPSA) is 12.0 Å². The summed E-state index contributed by atoms with van der Waals surface area (Å²) in [4.78, 5) is 1.35. The molecule has 1 aromatic carbocycles. The first-order valence-electron chi connectivity index (χ1n) is 5.83. The van der Waals surface area contributed by atoms with Gasteiger partial charge in [0.2, 0.25) is 0 Å². The lowest BCUT2D eigenvalue weighted by atomic mass is 10.1. The zero-order valence-electron chi connectivity index (χ0n) is 10.3. The average Bonchev–Trinajstić information content (AvgIpc) is 2.76. The van der Waals surface area contributed by atoms with E-state index in [1.807, 2.05) is 0 Å². The fourth-order valence-electron chi connectivity index (χ4n) is 1.87. The van der Waals surface area contributed by atoms with Crippen LogP contribution in [-0.2, 0) is 0 Å². The first kappa shape index (κ1) is 14.3. The zero-order valence-corrected chi connectivity index (χ0v) is 14.3. The molecule has 96 valence electrons. The van der Waals surface area contributed by atoms with Crippen molar-refractivity contribution >= 4 is 43.2 Å². The molecule has 0 fully saturated rings. The summed E-state index contributed by atoms with van der Waals surface area (Å²) in [5, 5.41) is 3.62. The van der Waals surface area contributed by atoms with Crippen molar-refractivity contribution in [2.24, 2.45) is 0 Å². The predicted molar refractivity (Wildman–Crippen MR) is 86.1 cm³/mol. The van der Waals surface area contributed by atoms with Crippen LogP contribution in [0.4, 0.5) is 0 Å². The van der Waals surface area contributed by atoms with Crippen LogP contribution in [0.15, 0.2) is 44.7 Å². The van der Waals surface area contributed by atoms with Gasteiger partial charge in [0.25, 0.3) is 0 Å². The minimum atomic E-state index is 0.342. The number of hydrogen-bond donors (Lipinski definition) is 1. The van der Waals surface area contributed by atoms with Crippen molar-refractivity contribution in [1.82, 2.24) is 5.32 Å². The smallest absolute Gasteiger partial charge is 0.0701 e. The van der Waals surface area contributed by atoms with E-state index >= 15 is 0 Å². The van der Waals surface area contributed by atoms with Crippen LogP contribution < -0.4 is 5.32 Å². The molecular weight excluding hydrogens is 374 g/mol. The SMILES string of the molecule is CC(NC(C)c1ccc(Br)s1)c1ccc(Br)cc1. The fraction of sp³-hybridized carbons (Fsp3) is 0.286. The summed E-state index contributed by atoms with van der Waals surface area (Å²) in [6, 6.07) is 13.4. The lowest BCUT2D eigenvalue weighted by Gasteiger charge is -2.19. The molecule has 0 amide bonds. The molecule has 0 saturated carbocycles. The Morgan fingerprint density at radius 2 is 1.61 bits per heavy atom. The van der Waals surface area contributed by atoms with Crippen LogP contribution in [-0.4, -0.2) is 0 Å². The molecule has 2 unspecified atom stereocenters. The lowest BCUT2D eigenvalue weighted by Crippen LogP contribution is -2.21. The molecular formula is C14H15Br2NS. The van der Waals surface area contributed by atoms with Crippen LogP contribution in [0.3, 0.4) is 0 Å². The molecule has 1 nitrogen and oxygen atoms in total. The third kappa shape index (κ3) is 3.67. The Morgan fingerprint density at radius 1 is 0.944 bits per heavy atom. The van der Waals surface area contributed by atoms with Gasteiger partial charge >= 0.3 is 0 Å². The Labute approximate surface area is 129 Å². The minimum absolute atomic E-state index is 0.342. The first-order chi connectivity index (χ1) is 8.56. The van der Waals surface area contributed by atoms with Crippen LogP contribution in [0, 0.1) is 0 Å². The zero-order chi connectivity index (χ0) is 13.1. The van der Waals surface area contributed by atoms with Gasteiger partial charge in [0.15, 0.2) is 0 Å². The number of thiophene rings is 1. The van der Waals surface area contributed by atoms with E-state index in [0.717, 1.165) is 4.47 Å². The second-order valence-electron chi connectivity index (χ2n) is 4.30. The highest BCUT2D eigenvalue weighted by atomic mass is 79.9. The molecule has 0 spiro atoms.